The summed E-state index contributed by atoms with van der Waals surface area (Å²) in [6.07, 6.45) is 7.67. The van der Waals surface area contributed by atoms with Gasteiger partial charge in [-0.1, -0.05) is 12.1 Å². The van der Waals surface area contributed by atoms with Crippen molar-refractivity contribution in [2.45, 2.75) is 38.7 Å². The SMILES string of the molecule is FC(F)Oc1ccc(-c2ccnc3cc(-c4cccc(N5CCCCC5)c4)nn23)cc1OCC1CC1. The maximum atomic E-state index is 13.0. The highest BCUT2D eigenvalue weighted by atomic mass is 19.3. The maximum absolute atomic E-state index is 13.0. The largest absolute Gasteiger partial charge is 0.489 e. The lowest BCUT2D eigenvalue weighted by Crippen LogP contribution is -2.29. The number of fused-ring (bicyclic) bond motifs is 1. The van der Waals surface area contributed by atoms with E-state index < -0.39 is 6.61 Å². The Hall–Kier alpha value is -3.68. The van der Waals surface area contributed by atoms with Crippen LogP contribution >= 0.6 is 0 Å². The van der Waals surface area contributed by atoms with Gasteiger partial charge in [0.2, 0.25) is 0 Å². The van der Waals surface area contributed by atoms with Gasteiger partial charge >= 0.3 is 6.61 Å². The van der Waals surface area contributed by atoms with Crippen LogP contribution < -0.4 is 14.4 Å². The summed E-state index contributed by atoms with van der Waals surface area (Å²) in [5.74, 6) is 0.830. The van der Waals surface area contributed by atoms with E-state index in [-0.39, 0.29) is 5.75 Å². The Bertz CT molecular complexity index is 1360. The molecule has 1 aliphatic heterocycles. The molecule has 6 rings (SSSR count). The molecule has 1 saturated carbocycles. The molecule has 2 aromatic carbocycles. The van der Waals surface area contributed by atoms with Crippen LogP contribution in [0, 0.1) is 5.92 Å². The molecule has 36 heavy (non-hydrogen) atoms. The Labute approximate surface area is 208 Å². The van der Waals surface area contributed by atoms with Crippen molar-refractivity contribution in [2.24, 2.45) is 5.92 Å². The molecular weight excluding hydrogens is 462 g/mol. The maximum Gasteiger partial charge on any atom is 0.387 e. The summed E-state index contributed by atoms with van der Waals surface area (Å²) in [5.41, 5.74) is 5.36. The van der Waals surface area contributed by atoms with Crippen LogP contribution in [-0.4, -0.2) is 40.9 Å². The molecule has 2 fully saturated rings. The highest BCUT2D eigenvalue weighted by molar-refractivity contribution is 5.72. The van der Waals surface area contributed by atoms with E-state index in [4.69, 9.17) is 14.6 Å². The molecule has 1 aliphatic carbocycles. The zero-order valence-corrected chi connectivity index (χ0v) is 19.9. The van der Waals surface area contributed by atoms with Gasteiger partial charge in [-0.05, 0) is 74.4 Å². The number of nitrogens with zero attached hydrogens (tertiary/aromatic N) is 4. The summed E-state index contributed by atoms with van der Waals surface area (Å²) in [6, 6.07) is 17.3. The molecule has 2 aliphatic rings. The minimum atomic E-state index is -2.92. The van der Waals surface area contributed by atoms with Crippen molar-refractivity contribution in [3.05, 3.63) is 60.8 Å². The van der Waals surface area contributed by atoms with Crippen molar-refractivity contribution in [3.8, 4) is 34.0 Å². The van der Waals surface area contributed by atoms with Crippen molar-refractivity contribution >= 4 is 11.3 Å². The van der Waals surface area contributed by atoms with E-state index in [1.165, 1.54) is 31.0 Å². The van der Waals surface area contributed by atoms with E-state index in [2.05, 4.69) is 34.1 Å². The molecule has 0 amide bonds. The first kappa shape index (κ1) is 22.8. The first-order valence-electron chi connectivity index (χ1n) is 12.6. The summed E-state index contributed by atoms with van der Waals surface area (Å²) < 4.78 is 38.3. The fraction of sp³-hybridized carbons (Fsp3) is 0.357. The van der Waals surface area contributed by atoms with Crippen molar-refractivity contribution in [3.63, 3.8) is 0 Å². The summed E-state index contributed by atoms with van der Waals surface area (Å²) in [7, 11) is 0. The van der Waals surface area contributed by atoms with Gasteiger partial charge in [-0.2, -0.15) is 13.9 Å². The van der Waals surface area contributed by atoms with E-state index in [9.17, 15) is 8.78 Å². The third-order valence-electron chi connectivity index (χ3n) is 6.85. The third kappa shape index (κ3) is 4.85. The predicted octanol–water partition coefficient (Wildman–Crippen LogP) is 6.44. The number of alkyl halides is 2. The van der Waals surface area contributed by atoms with Gasteiger partial charge in [0, 0.05) is 42.2 Å². The number of piperidine rings is 1. The minimum Gasteiger partial charge on any atom is -0.489 e. The molecule has 0 unspecified atom stereocenters. The van der Waals surface area contributed by atoms with Gasteiger partial charge in [-0.3, -0.25) is 0 Å². The molecule has 3 heterocycles. The molecular formula is C28H28F2N4O2. The molecule has 4 aromatic rings. The van der Waals surface area contributed by atoms with Crippen LogP contribution in [0.1, 0.15) is 32.1 Å². The molecule has 8 heteroatoms. The molecule has 0 radical (unpaired) electrons. The summed E-state index contributed by atoms with van der Waals surface area (Å²) in [6.45, 7) is -0.261. The van der Waals surface area contributed by atoms with Crippen LogP contribution in [0.5, 0.6) is 11.5 Å². The number of hydrogen-bond acceptors (Lipinski definition) is 5. The zero-order valence-electron chi connectivity index (χ0n) is 19.9. The van der Waals surface area contributed by atoms with Gasteiger partial charge in [0.25, 0.3) is 0 Å². The topological polar surface area (TPSA) is 51.9 Å². The monoisotopic (exact) mass is 490 g/mol. The lowest BCUT2D eigenvalue weighted by atomic mass is 10.1. The van der Waals surface area contributed by atoms with Crippen molar-refractivity contribution in [2.75, 3.05) is 24.6 Å². The Morgan fingerprint density at radius 1 is 0.917 bits per heavy atom. The van der Waals surface area contributed by atoms with Gasteiger partial charge in [-0.25, -0.2) is 9.50 Å². The second-order valence-corrected chi connectivity index (χ2v) is 9.52. The lowest BCUT2D eigenvalue weighted by Gasteiger charge is -2.29. The Balaban J connectivity index is 1.34. The van der Waals surface area contributed by atoms with Crippen LogP contribution in [-0.2, 0) is 0 Å². The molecule has 2 aromatic heterocycles. The van der Waals surface area contributed by atoms with Gasteiger partial charge in [0.05, 0.1) is 18.0 Å². The van der Waals surface area contributed by atoms with Crippen molar-refractivity contribution in [1.82, 2.24) is 14.6 Å². The second kappa shape index (κ2) is 9.76. The predicted molar refractivity (Wildman–Crippen MR) is 135 cm³/mol. The summed E-state index contributed by atoms with van der Waals surface area (Å²) in [4.78, 5) is 6.94. The van der Waals surface area contributed by atoms with E-state index in [0.29, 0.717) is 23.9 Å². The van der Waals surface area contributed by atoms with Crippen LogP contribution in [0.25, 0.3) is 28.2 Å². The highest BCUT2D eigenvalue weighted by Gasteiger charge is 2.23. The number of aromatic nitrogens is 3. The van der Waals surface area contributed by atoms with Crippen LogP contribution in [0.4, 0.5) is 14.5 Å². The van der Waals surface area contributed by atoms with E-state index in [1.807, 2.05) is 12.1 Å². The zero-order chi connectivity index (χ0) is 24.5. The van der Waals surface area contributed by atoms with E-state index in [0.717, 1.165) is 48.4 Å². The molecule has 0 atom stereocenters. The molecule has 0 bridgehead atoms. The van der Waals surface area contributed by atoms with Crippen molar-refractivity contribution < 1.29 is 18.3 Å². The summed E-state index contributed by atoms with van der Waals surface area (Å²) >= 11 is 0. The normalized spacial score (nSPS) is 16.0. The Kier molecular flexibility index (Phi) is 6.17. The highest BCUT2D eigenvalue weighted by Crippen LogP contribution is 2.37. The average Bonchev–Trinajstić information content (AvgIpc) is 3.63. The fourth-order valence-corrected chi connectivity index (χ4v) is 4.73. The number of halogens is 2. The quantitative estimate of drug-likeness (QED) is 0.284. The van der Waals surface area contributed by atoms with Crippen LogP contribution in [0.2, 0.25) is 0 Å². The van der Waals surface area contributed by atoms with Crippen LogP contribution in [0.15, 0.2) is 60.8 Å². The van der Waals surface area contributed by atoms with Gasteiger partial charge < -0.3 is 14.4 Å². The third-order valence-corrected chi connectivity index (χ3v) is 6.85. The van der Waals surface area contributed by atoms with Gasteiger partial charge in [0.15, 0.2) is 17.1 Å². The number of anilines is 1. The number of ether oxygens (including phenoxy) is 2. The summed E-state index contributed by atoms with van der Waals surface area (Å²) in [5, 5.41) is 4.87. The fourth-order valence-electron chi connectivity index (χ4n) is 4.73. The van der Waals surface area contributed by atoms with Gasteiger partial charge in [-0.15, -0.1) is 0 Å². The Morgan fingerprint density at radius 2 is 1.78 bits per heavy atom. The second-order valence-electron chi connectivity index (χ2n) is 9.52. The lowest BCUT2D eigenvalue weighted by molar-refractivity contribution is -0.0515. The number of rotatable bonds is 8. The number of benzene rings is 2. The van der Waals surface area contributed by atoms with E-state index in [1.54, 1.807) is 22.8 Å². The smallest absolute Gasteiger partial charge is 0.387 e. The van der Waals surface area contributed by atoms with Crippen LogP contribution in [0.3, 0.4) is 0 Å². The first-order valence-corrected chi connectivity index (χ1v) is 12.6. The van der Waals surface area contributed by atoms with E-state index >= 15 is 0 Å². The first-order chi connectivity index (χ1) is 17.6. The average molecular weight is 491 g/mol. The standard InChI is InChI=1S/C28H28F2N4O2/c29-28(30)36-25-10-9-21(16-26(25)35-18-19-7-8-19)24-11-12-31-27-17-23(32-34(24)27)20-5-4-6-22(15-20)33-13-2-1-3-14-33/h4-6,9-12,15-17,19,28H,1-3,7-8,13-14,18H2. The Morgan fingerprint density at radius 3 is 2.58 bits per heavy atom. The van der Waals surface area contributed by atoms with Crippen molar-refractivity contribution in [1.29, 1.82) is 0 Å². The molecule has 0 spiro atoms. The molecule has 6 nitrogen and oxygen atoms in total. The molecule has 1 saturated heterocycles. The van der Waals surface area contributed by atoms with Gasteiger partial charge in [0.1, 0.15) is 0 Å². The molecule has 186 valence electrons. The number of hydrogen-bond donors (Lipinski definition) is 0. The minimum absolute atomic E-state index is 0.0374. The molecule has 0 N–H and O–H groups in total.